The SMILES string of the molecule is CC1COc2ccccc2C1N[C@H](C)c1cccc(Br)c1. The molecule has 0 fully saturated rings. The van der Waals surface area contributed by atoms with Crippen LogP contribution in [0.5, 0.6) is 5.75 Å². The van der Waals surface area contributed by atoms with Crippen LogP contribution in [-0.2, 0) is 0 Å². The largest absolute Gasteiger partial charge is 0.493 e. The fourth-order valence-electron chi connectivity index (χ4n) is 2.89. The third-order valence-electron chi connectivity index (χ3n) is 4.10. The van der Waals surface area contributed by atoms with Gasteiger partial charge in [-0.2, -0.15) is 0 Å². The predicted molar refractivity (Wildman–Crippen MR) is 89.5 cm³/mol. The van der Waals surface area contributed by atoms with Crippen LogP contribution in [0.3, 0.4) is 0 Å². The van der Waals surface area contributed by atoms with E-state index in [1.54, 1.807) is 0 Å². The monoisotopic (exact) mass is 345 g/mol. The number of hydrogen-bond acceptors (Lipinski definition) is 2. The number of hydrogen-bond donors (Lipinski definition) is 1. The van der Waals surface area contributed by atoms with Crippen molar-refractivity contribution in [3.8, 4) is 5.75 Å². The van der Waals surface area contributed by atoms with E-state index >= 15 is 0 Å². The molecule has 0 bridgehead atoms. The maximum atomic E-state index is 5.82. The van der Waals surface area contributed by atoms with Gasteiger partial charge in [0.05, 0.1) is 6.61 Å². The molecule has 1 aliphatic heterocycles. The van der Waals surface area contributed by atoms with Gasteiger partial charge in [0.2, 0.25) is 0 Å². The first-order valence-corrected chi connectivity index (χ1v) is 8.17. The van der Waals surface area contributed by atoms with Gasteiger partial charge in [0.1, 0.15) is 5.75 Å². The molecule has 0 saturated carbocycles. The molecule has 3 rings (SSSR count). The Kier molecular flexibility index (Phi) is 4.32. The van der Waals surface area contributed by atoms with E-state index in [1.165, 1.54) is 11.1 Å². The third kappa shape index (κ3) is 3.14. The summed E-state index contributed by atoms with van der Waals surface area (Å²) in [5.41, 5.74) is 2.55. The van der Waals surface area contributed by atoms with Gasteiger partial charge in [-0.05, 0) is 30.7 Å². The minimum absolute atomic E-state index is 0.293. The molecule has 0 aromatic heterocycles. The molecule has 2 aromatic carbocycles. The van der Waals surface area contributed by atoms with Crippen molar-refractivity contribution in [2.75, 3.05) is 6.61 Å². The molecule has 1 N–H and O–H groups in total. The summed E-state index contributed by atoms with van der Waals surface area (Å²) in [5, 5.41) is 3.77. The summed E-state index contributed by atoms with van der Waals surface area (Å²) in [6.45, 7) is 5.22. The van der Waals surface area contributed by atoms with Gasteiger partial charge in [0, 0.05) is 28.0 Å². The number of nitrogens with one attached hydrogen (secondary N) is 1. The normalized spacial score (nSPS) is 22.2. The molecule has 1 heterocycles. The second-order valence-electron chi connectivity index (χ2n) is 5.75. The highest BCUT2D eigenvalue weighted by Gasteiger charge is 2.28. The van der Waals surface area contributed by atoms with Crippen LogP contribution >= 0.6 is 15.9 Å². The smallest absolute Gasteiger partial charge is 0.124 e. The molecule has 0 radical (unpaired) electrons. The lowest BCUT2D eigenvalue weighted by atomic mass is 9.91. The van der Waals surface area contributed by atoms with E-state index in [9.17, 15) is 0 Å². The summed E-state index contributed by atoms with van der Waals surface area (Å²) < 4.78 is 6.94. The van der Waals surface area contributed by atoms with Gasteiger partial charge >= 0.3 is 0 Å². The van der Waals surface area contributed by atoms with Gasteiger partial charge in [-0.15, -0.1) is 0 Å². The van der Waals surface area contributed by atoms with Gasteiger partial charge in [-0.1, -0.05) is 53.2 Å². The lowest BCUT2D eigenvalue weighted by Crippen LogP contribution is -2.35. The Morgan fingerprint density at radius 1 is 1.19 bits per heavy atom. The van der Waals surface area contributed by atoms with Gasteiger partial charge in [0.25, 0.3) is 0 Å². The summed E-state index contributed by atoms with van der Waals surface area (Å²) in [7, 11) is 0. The van der Waals surface area contributed by atoms with Crippen LogP contribution in [0.25, 0.3) is 0 Å². The average molecular weight is 346 g/mol. The molecule has 2 aromatic rings. The van der Waals surface area contributed by atoms with Crippen molar-refractivity contribution in [1.29, 1.82) is 0 Å². The molecule has 0 aliphatic carbocycles. The fourth-order valence-corrected chi connectivity index (χ4v) is 3.31. The number of ether oxygens (including phenoxy) is 1. The molecule has 0 saturated heterocycles. The standard InChI is InChI=1S/C18H20BrNO/c1-12-11-21-17-9-4-3-8-16(17)18(12)20-13(2)14-6-5-7-15(19)10-14/h3-10,12-13,18,20H,11H2,1-2H3/t12?,13-,18?/m1/s1. The van der Waals surface area contributed by atoms with Crippen LogP contribution in [0.1, 0.15) is 37.1 Å². The lowest BCUT2D eigenvalue weighted by molar-refractivity contribution is 0.182. The summed E-state index contributed by atoms with van der Waals surface area (Å²) in [5.74, 6) is 1.46. The molecule has 21 heavy (non-hydrogen) atoms. The highest BCUT2D eigenvalue weighted by atomic mass is 79.9. The highest BCUT2D eigenvalue weighted by Crippen LogP contribution is 2.36. The van der Waals surface area contributed by atoms with Crippen LogP contribution in [0.15, 0.2) is 53.0 Å². The maximum Gasteiger partial charge on any atom is 0.124 e. The molecule has 3 atom stereocenters. The van der Waals surface area contributed by atoms with Gasteiger partial charge in [-0.25, -0.2) is 0 Å². The fraction of sp³-hybridized carbons (Fsp3) is 0.333. The molecule has 2 nitrogen and oxygen atoms in total. The van der Waals surface area contributed by atoms with Crippen molar-refractivity contribution in [1.82, 2.24) is 5.32 Å². The number of halogens is 1. The minimum Gasteiger partial charge on any atom is -0.493 e. The van der Waals surface area contributed by atoms with E-state index in [1.807, 2.05) is 6.07 Å². The molecule has 2 unspecified atom stereocenters. The van der Waals surface area contributed by atoms with E-state index in [0.717, 1.165) is 16.8 Å². The van der Waals surface area contributed by atoms with Crippen LogP contribution in [0.2, 0.25) is 0 Å². The topological polar surface area (TPSA) is 21.3 Å². The van der Waals surface area contributed by atoms with Crippen LogP contribution < -0.4 is 10.1 Å². The molecular weight excluding hydrogens is 326 g/mol. The van der Waals surface area contributed by atoms with Crippen molar-refractivity contribution in [2.24, 2.45) is 5.92 Å². The maximum absolute atomic E-state index is 5.82. The van der Waals surface area contributed by atoms with Gasteiger partial charge in [0.15, 0.2) is 0 Å². The zero-order chi connectivity index (χ0) is 14.8. The van der Waals surface area contributed by atoms with Crippen molar-refractivity contribution >= 4 is 15.9 Å². The zero-order valence-corrected chi connectivity index (χ0v) is 13.9. The Bertz CT molecular complexity index is 628. The van der Waals surface area contributed by atoms with Gasteiger partial charge in [-0.3, -0.25) is 0 Å². The average Bonchev–Trinajstić information content (AvgIpc) is 2.50. The molecule has 110 valence electrons. The van der Waals surface area contributed by atoms with Crippen LogP contribution in [0.4, 0.5) is 0 Å². The Morgan fingerprint density at radius 2 is 2.00 bits per heavy atom. The van der Waals surface area contributed by atoms with Crippen molar-refractivity contribution in [3.63, 3.8) is 0 Å². The Hall–Kier alpha value is -1.32. The zero-order valence-electron chi connectivity index (χ0n) is 12.3. The lowest BCUT2D eigenvalue weighted by Gasteiger charge is -2.34. The van der Waals surface area contributed by atoms with Crippen molar-refractivity contribution in [3.05, 3.63) is 64.1 Å². The molecular formula is C18H20BrNO. The summed E-state index contributed by atoms with van der Waals surface area (Å²) in [6.07, 6.45) is 0. The van der Waals surface area contributed by atoms with E-state index < -0.39 is 0 Å². The number of benzene rings is 2. The number of rotatable bonds is 3. The summed E-state index contributed by atoms with van der Waals surface area (Å²) in [6, 6.07) is 17.4. The summed E-state index contributed by atoms with van der Waals surface area (Å²) >= 11 is 3.55. The minimum atomic E-state index is 0.293. The molecule has 0 spiro atoms. The third-order valence-corrected chi connectivity index (χ3v) is 4.60. The van der Waals surface area contributed by atoms with Crippen molar-refractivity contribution < 1.29 is 4.74 Å². The van der Waals surface area contributed by atoms with Crippen LogP contribution in [0, 0.1) is 5.92 Å². The van der Waals surface area contributed by atoms with E-state index in [2.05, 4.69) is 77.6 Å². The van der Waals surface area contributed by atoms with Gasteiger partial charge < -0.3 is 10.1 Å². The van der Waals surface area contributed by atoms with E-state index in [-0.39, 0.29) is 0 Å². The molecule has 0 amide bonds. The second kappa shape index (κ2) is 6.20. The first kappa shape index (κ1) is 14.6. The summed E-state index contributed by atoms with van der Waals surface area (Å²) in [4.78, 5) is 0. The molecule has 3 heteroatoms. The first-order chi connectivity index (χ1) is 10.1. The Morgan fingerprint density at radius 3 is 2.81 bits per heavy atom. The van der Waals surface area contributed by atoms with E-state index in [4.69, 9.17) is 4.74 Å². The quantitative estimate of drug-likeness (QED) is 0.856. The number of para-hydroxylation sites is 1. The van der Waals surface area contributed by atoms with Crippen LogP contribution in [-0.4, -0.2) is 6.61 Å². The van der Waals surface area contributed by atoms with E-state index in [0.29, 0.717) is 18.0 Å². The van der Waals surface area contributed by atoms with Crippen molar-refractivity contribution in [2.45, 2.75) is 25.9 Å². The second-order valence-corrected chi connectivity index (χ2v) is 6.66. The Labute approximate surface area is 134 Å². The Balaban J connectivity index is 1.84. The predicted octanol–water partition coefficient (Wildman–Crippen LogP) is 4.87. The highest BCUT2D eigenvalue weighted by molar-refractivity contribution is 9.10. The first-order valence-electron chi connectivity index (χ1n) is 7.38. The molecule has 1 aliphatic rings. The number of fused-ring (bicyclic) bond motifs is 1.